The van der Waals surface area contributed by atoms with Gasteiger partial charge in [-0.2, -0.15) is 0 Å². The molecule has 0 aliphatic rings. The molecule has 2 heteroatoms. The molecule has 72 valence electrons. The third-order valence-electron chi connectivity index (χ3n) is 2.10. The van der Waals surface area contributed by atoms with Gasteiger partial charge in [-0.3, -0.25) is 0 Å². The molecular weight excluding hydrogens is 247 g/mol. The van der Waals surface area contributed by atoms with Crippen molar-refractivity contribution < 1.29 is 0 Å². The van der Waals surface area contributed by atoms with Gasteiger partial charge >= 0.3 is 0 Å². The second-order valence-electron chi connectivity index (χ2n) is 3.34. The molecule has 1 rings (SSSR count). The van der Waals surface area contributed by atoms with Gasteiger partial charge in [0.1, 0.15) is 0 Å². The summed E-state index contributed by atoms with van der Waals surface area (Å²) in [4.78, 5) is 0. The van der Waals surface area contributed by atoms with Gasteiger partial charge in [0.25, 0.3) is 0 Å². The van der Waals surface area contributed by atoms with E-state index in [1.165, 1.54) is 23.1 Å². The maximum absolute atomic E-state index is 6.07. The van der Waals surface area contributed by atoms with Gasteiger partial charge in [0.2, 0.25) is 0 Å². The highest BCUT2D eigenvalue weighted by molar-refractivity contribution is 9.09. The molecule has 0 nitrogen and oxygen atoms in total. The molecule has 0 N–H and O–H groups in total. The van der Waals surface area contributed by atoms with Gasteiger partial charge in [-0.1, -0.05) is 39.7 Å². The number of alkyl halides is 1. The van der Waals surface area contributed by atoms with E-state index in [0.29, 0.717) is 0 Å². The Labute approximate surface area is 93.4 Å². The lowest BCUT2D eigenvalue weighted by molar-refractivity contribution is 0.935. The Morgan fingerprint density at radius 2 is 1.77 bits per heavy atom. The molecule has 0 fully saturated rings. The highest BCUT2D eigenvalue weighted by Gasteiger charge is 2.01. The summed E-state index contributed by atoms with van der Waals surface area (Å²) in [5, 5.41) is 1.97. The molecule has 0 amide bonds. The largest absolute Gasteiger partial charge is 0.0928 e. The van der Waals surface area contributed by atoms with Crippen molar-refractivity contribution in [1.29, 1.82) is 0 Å². The van der Waals surface area contributed by atoms with Crippen LogP contribution in [0.25, 0.3) is 0 Å². The molecule has 0 radical (unpaired) electrons. The summed E-state index contributed by atoms with van der Waals surface area (Å²) in [5.41, 5.74) is 3.76. The van der Waals surface area contributed by atoms with Gasteiger partial charge in [-0.15, -0.1) is 0 Å². The molecule has 0 atom stereocenters. The van der Waals surface area contributed by atoms with E-state index in [2.05, 4.69) is 41.9 Å². The third-order valence-corrected chi connectivity index (χ3v) is 3.25. The van der Waals surface area contributed by atoms with E-state index in [0.717, 1.165) is 16.8 Å². The molecule has 0 spiro atoms. The maximum Gasteiger partial charge on any atom is 0.0464 e. The lowest BCUT2D eigenvalue weighted by Crippen LogP contribution is -1.90. The van der Waals surface area contributed by atoms with Crippen molar-refractivity contribution in [3.63, 3.8) is 0 Å². The molecule has 1 aromatic carbocycles. The summed E-state index contributed by atoms with van der Waals surface area (Å²) in [7, 11) is 0. The topological polar surface area (TPSA) is 0 Å². The zero-order valence-corrected chi connectivity index (χ0v) is 10.4. The van der Waals surface area contributed by atoms with Crippen LogP contribution in [0.4, 0.5) is 0 Å². The molecule has 1 aromatic rings. The molecule has 0 saturated carbocycles. The molecular formula is C11H14BrCl. The minimum atomic E-state index is 0.905. The predicted molar refractivity (Wildman–Crippen MR) is 63.0 cm³/mol. The molecule has 0 aliphatic carbocycles. The Hall–Kier alpha value is -0.0100. The first-order chi connectivity index (χ1) is 6.15. The normalized spacial score (nSPS) is 10.5. The van der Waals surface area contributed by atoms with Crippen molar-refractivity contribution >= 4 is 27.5 Å². The smallest absolute Gasteiger partial charge is 0.0464 e. The fourth-order valence-corrected chi connectivity index (χ4v) is 1.84. The van der Waals surface area contributed by atoms with Crippen molar-refractivity contribution in [3.8, 4) is 0 Å². The van der Waals surface area contributed by atoms with Crippen LogP contribution >= 0.6 is 27.5 Å². The van der Waals surface area contributed by atoms with E-state index in [4.69, 9.17) is 11.6 Å². The van der Waals surface area contributed by atoms with Crippen LogP contribution in [-0.4, -0.2) is 5.33 Å². The number of hydrogen-bond acceptors (Lipinski definition) is 0. The number of benzene rings is 1. The fourth-order valence-electron chi connectivity index (χ4n) is 1.45. The first-order valence-electron chi connectivity index (χ1n) is 4.46. The van der Waals surface area contributed by atoms with Crippen molar-refractivity contribution in [2.24, 2.45) is 0 Å². The van der Waals surface area contributed by atoms with Crippen molar-refractivity contribution in [2.45, 2.75) is 26.7 Å². The standard InChI is InChI=1S/C11H14BrCl/c1-8-6-10(4-3-5-12)7-9(2)11(8)13/h6-7H,3-5H2,1-2H3. The molecule has 0 unspecified atom stereocenters. The van der Waals surface area contributed by atoms with Gasteiger partial charge in [0, 0.05) is 10.4 Å². The zero-order chi connectivity index (χ0) is 9.84. The molecule has 0 aliphatic heterocycles. The van der Waals surface area contributed by atoms with Crippen LogP contribution in [0.3, 0.4) is 0 Å². The van der Waals surface area contributed by atoms with Crippen LogP contribution in [0.1, 0.15) is 23.1 Å². The molecule has 0 bridgehead atoms. The first-order valence-corrected chi connectivity index (χ1v) is 5.96. The summed E-state index contributed by atoms with van der Waals surface area (Å²) in [6.45, 7) is 4.12. The third kappa shape index (κ3) is 2.99. The molecule has 0 heterocycles. The molecule has 13 heavy (non-hydrogen) atoms. The van der Waals surface area contributed by atoms with Crippen LogP contribution in [0.2, 0.25) is 5.02 Å². The van der Waals surface area contributed by atoms with Crippen molar-refractivity contribution in [1.82, 2.24) is 0 Å². The first kappa shape index (κ1) is 11.1. The lowest BCUT2D eigenvalue weighted by Gasteiger charge is -2.06. The SMILES string of the molecule is Cc1cc(CCCBr)cc(C)c1Cl. The lowest BCUT2D eigenvalue weighted by atomic mass is 10.0. The summed E-state index contributed by atoms with van der Waals surface area (Å²) >= 11 is 9.51. The summed E-state index contributed by atoms with van der Waals surface area (Å²) in [6, 6.07) is 4.36. The van der Waals surface area contributed by atoms with Gasteiger partial charge < -0.3 is 0 Å². The van der Waals surface area contributed by atoms with Crippen LogP contribution in [0.5, 0.6) is 0 Å². The Kier molecular flexibility index (Phi) is 4.27. The summed E-state index contributed by atoms with van der Waals surface area (Å²) < 4.78 is 0. The van der Waals surface area contributed by atoms with Gasteiger partial charge in [-0.05, 0) is 43.4 Å². The second kappa shape index (κ2) is 5.02. The number of hydrogen-bond donors (Lipinski definition) is 0. The van der Waals surface area contributed by atoms with Gasteiger partial charge in [0.15, 0.2) is 0 Å². The minimum Gasteiger partial charge on any atom is -0.0928 e. The molecule has 0 aromatic heterocycles. The van der Waals surface area contributed by atoms with Gasteiger partial charge in [-0.25, -0.2) is 0 Å². The fraction of sp³-hybridized carbons (Fsp3) is 0.455. The quantitative estimate of drug-likeness (QED) is 0.712. The van der Waals surface area contributed by atoms with Crippen LogP contribution in [-0.2, 0) is 6.42 Å². The van der Waals surface area contributed by atoms with Crippen molar-refractivity contribution in [2.75, 3.05) is 5.33 Å². The van der Waals surface area contributed by atoms with E-state index in [9.17, 15) is 0 Å². The minimum absolute atomic E-state index is 0.905. The molecule has 0 saturated heterocycles. The zero-order valence-electron chi connectivity index (χ0n) is 8.03. The van der Waals surface area contributed by atoms with E-state index < -0.39 is 0 Å². The van der Waals surface area contributed by atoms with Gasteiger partial charge in [0.05, 0.1) is 0 Å². The van der Waals surface area contributed by atoms with E-state index in [-0.39, 0.29) is 0 Å². The monoisotopic (exact) mass is 260 g/mol. The predicted octanol–water partition coefficient (Wildman–Crippen LogP) is 4.28. The number of aryl methyl sites for hydroxylation is 3. The van der Waals surface area contributed by atoms with Crippen LogP contribution in [0.15, 0.2) is 12.1 Å². The summed E-state index contributed by atoms with van der Waals surface area (Å²) in [5.74, 6) is 0. The maximum atomic E-state index is 6.07. The average molecular weight is 262 g/mol. The van der Waals surface area contributed by atoms with Crippen LogP contribution < -0.4 is 0 Å². The Morgan fingerprint density at radius 3 is 2.23 bits per heavy atom. The highest BCUT2D eigenvalue weighted by atomic mass is 79.9. The second-order valence-corrected chi connectivity index (χ2v) is 4.51. The van der Waals surface area contributed by atoms with E-state index in [1.54, 1.807) is 0 Å². The Bertz CT molecular complexity index is 271. The average Bonchev–Trinajstić information content (AvgIpc) is 2.10. The Balaban J connectivity index is 2.86. The van der Waals surface area contributed by atoms with E-state index >= 15 is 0 Å². The number of rotatable bonds is 3. The Morgan fingerprint density at radius 1 is 1.23 bits per heavy atom. The highest BCUT2D eigenvalue weighted by Crippen LogP contribution is 2.22. The van der Waals surface area contributed by atoms with Crippen molar-refractivity contribution in [3.05, 3.63) is 33.8 Å². The van der Waals surface area contributed by atoms with E-state index in [1.807, 2.05) is 0 Å². The number of halogens is 2. The summed E-state index contributed by atoms with van der Waals surface area (Å²) in [6.07, 6.45) is 2.31. The van der Waals surface area contributed by atoms with Crippen LogP contribution in [0, 0.1) is 13.8 Å².